The molecule has 1 saturated heterocycles. The van der Waals surface area contributed by atoms with Gasteiger partial charge in [0.1, 0.15) is 5.52 Å². The maximum atomic E-state index is 12.3. The van der Waals surface area contributed by atoms with E-state index in [9.17, 15) is 9.59 Å². The SMILES string of the molecule is COCC(NC(=O)C1CCN(c2nc3ccccc3o2)CC1)C(=O)O. The van der Waals surface area contributed by atoms with Gasteiger partial charge in [-0.3, -0.25) is 4.79 Å². The minimum atomic E-state index is -1.10. The van der Waals surface area contributed by atoms with E-state index in [1.165, 1.54) is 7.11 Å². The van der Waals surface area contributed by atoms with Gasteiger partial charge in [-0.2, -0.15) is 4.98 Å². The number of anilines is 1. The quantitative estimate of drug-likeness (QED) is 0.810. The van der Waals surface area contributed by atoms with Crippen molar-refractivity contribution in [3.63, 3.8) is 0 Å². The number of nitrogens with one attached hydrogen (secondary N) is 1. The lowest BCUT2D eigenvalue weighted by Crippen LogP contribution is -2.48. The molecule has 2 aromatic rings. The molecular weight excluding hydrogens is 326 g/mol. The van der Waals surface area contributed by atoms with Crippen molar-refractivity contribution in [1.82, 2.24) is 10.3 Å². The number of carboxylic acids is 1. The van der Waals surface area contributed by atoms with Crippen molar-refractivity contribution in [2.45, 2.75) is 18.9 Å². The largest absolute Gasteiger partial charge is 0.480 e. The smallest absolute Gasteiger partial charge is 0.328 e. The van der Waals surface area contributed by atoms with Crippen LogP contribution in [-0.4, -0.2) is 54.8 Å². The molecule has 0 bridgehead atoms. The molecule has 1 fully saturated rings. The van der Waals surface area contributed by atoms with Crippen LogP contribution >= 0.6 is 0 Å². The maximum absolute atomic E-state index is 12.3. The van der Waals surface area contributed by atoms with E-state index in [0.29, 0.717) is 31.9 Å². The van der Waals surface area contributed by atoms with E-state index >= 15 is 0 Å². The molecule has 0 saturated carbocycles. The molecule has 8 heteroatoms. The molecular formula is C17H21N3O5. The summed E-state index contributed by atoms with van der Waals surface area (Å²) in [5.74, 6) is -1.57. The lowest BCUT2D eigenvalue weighted by atomic mass is 9.96. The second-order valence-corrected chi connectivity index (χ2v) is 6.08. The molecule has 1 aliphatic heterocycles. The van der Waals surface area contributed by atoms with Crippen molar-refractivity contribution in [2.75, 3.05) is 31.7 Å². The highest BCUT2D eigenvalue weighted by Crippen LogP contribution is 2.26. The molecule has 0 radical (unpaired) electrons. The number of benzene rings is 1. The summed E-state index contributed by atoms with van der Waals surface area (Å²) in [7, 11) is 1.40. The Morgan fingerprint density at radius 2 is 2.12 bits per heavy atom. The summed E-state index contributed by atoms with van der Waals surface area (Å²) >= 11 is 0. The summed E-state index contributed by atoms with van der Waals surface area (Å²) in [5, 5.41) is 11.6. The molecule has 3 rings (SSSR count). The summed E-state index contributed by atoms with van der Waals surface area (Å²) < 4.78 is 10.6. The second-order valence-electron chi connectivity index (χ2n) is 6.08. The highest BCUT2D eigenvalue weighted by atomic mass is 16.5. The number of aromatic nitrogens is 1. The second kappa shape index (κ2) is 7.52. The lowest BCUT2D eigenvalue weighted by Gasteiger charge is -2.30. The number of nitrogens with zero attached hydrogens (tertiary/aromatic N) is 2. The van der Waals surface area contributed by atoms with E-state index in [2.05, 4.69) is 10.3 Å². The summed E-state index contributed by atoms with van der Waals surface area (Å²) in [5.41, 5.74) is 1.54. The van der Waals surface area contributed by atoms with Crippen molar-refractivity contribution in [1.29, 1.82) is 0 Å². The first-order valence-corrected chi connectivity index (χ1v) is 8.21. The zero-order chi connectivity index (χ0) is 17.8. The van der Waals surface area contributed by atoms with Crippen LogP contribution in [0.2, 0.25) is 0 Å². The first-order chi connectivity index (χ1) is 12.1. The molecule has 2 heterocycles. The molecule has 0 spiro atoms. The van der Waals surface area contributed by atoms with Gasteiger partial charge in [0.2, 0.25) is 5.91 Å². The number of oxazole rings is 1. The molecule has 2 N–H and O–H groups in total. The maximum Gasteiger partial charge on any atom is 0.328 e. The molecule has 1 atom stereocenters. The number of carbonyl (C=O) groups is 2. The first-order valence-electron chi connectivity index (χ1n) is 8.21. The normalized spacial score (nSPS) is 16.8. The predicted octanol–water partition coefficient (Wildman–Crippen LogP) is 1.26. The average Bonchev–Trinajstić information content (AvgIpc) is 3.05. The van der Waals surface area contributed by atoms with Crippen LogP contribution in [0.4, 0.5) is 6.01 Å². The van der Waals surface area contributed by atoms with E-state index < -0.39 is 12.0 Å². The lowest BCUT2D eigenvalue weighted by molar-refractivity contribution is -0.144. The zero-order valence-electron chi connectivity index (χ0n) is 14.0. The number of ether oxygens (including phenoxy) is 1. The Kier molecular flexibility index (Phi) is 5.18. The minimum Gasteiger partial charge on any atom is -0.480 e. The van der Waals surface area contributed by atoms with Crippen molar-refractivity contribution in [3.8, 4) is 0 Å². The number of carbonyl (C=O) groups excluding carboxylic acids is 1. The monoisotopic (exact) mass is 347 g/mol. The van der Waals surface area contributed by atoms with Gasteiger partial charge >= 0.3 is 5.97 Å². The number of hydrogen-bond acceptors (Lipinski definition) is 6. The topological polar surface area (TPSA) is 105 Å². The van der Waals surface area contributed by atoms with E-state index in [1.54, 1.807) is 0 Å². The van der Waals surface area contributed by atoms with Crippen LogP contribution in [0, 0.1) is 5.92 Å². The Hall–Kier alpha value is -2.61. The summed E-state index contributed by atoms with van der Waals surface area (Å²) in [6, 6.07) is 7.10. The fourth-order valence-corrected chi connectivity index (χ4v) is 2.96. The Balaban J connectivity index is 1.57. The molecule has 1 aliphatic rings. The molecule has 8 nitrogen and oxygen atoms in total. The number of aliphatic carboxylic acids is 1. The molecule has 134 valence electrons. The molecule has 1 unspecified atom stereocenters. The molecule has 1 amide bonds. The van der Waals surface area contributed by atoms with E-state index in [-0.39, 0.29) is 18.4 Å². The number of carboxylic acid groups (broad SMARTS) is 1. The fraction of sp³-hybridized carbons (Fsp3) is 0.471. The number of rotatable bonds is 6. The molecule has 25 heavy (non-hydrogen) atoms. The number of hydrogen-bond donors (Lipinski definition) is 2. The highest BCUT2D eigenvalue weighted by molar-refractivity contribution is 5.85. The highest BCUT2D eigenvalue weighted by Gasteiger charge is 2.29. The summed E-state index contributed by atoms with van der Waals surface area (Å²) in [4.78, 5) is 29.9. The Labute approximate surface area is 144 Å². The number of para-hydroxylation sites is 2. The summed E-state index contributed by atoms with van der Waals surface area (Å²) in [6.07, 6.45) is 1.23. The Morgan fingerprint density at radius 3 is 2.76 bits per heavy atom. The van der Waals surface area contributed by atoms with Crippen molar-refractivity contribution in [3.05, 3.63) is 24.3 Å². The number of piperidine rings is 1. The zero-order valence-corrected chi connectivity index (χ0v) is 14.0. The van der Waals surface area contributed by atoms with Gasteiger partial charge in [-0.15, -0.1) is 0 Å². The van der Waals surface area contributed by atoms with Gasteiger partial charge in [-0.1, -0.05) is 12.1 Å². The van der Waals surface area contributed by atoms with Gasteiger partial charge in [-0.05, 0) is 25.0 Å². The van der Waals surface area contributed by atoms with E-state index in [0.717, 1.165) is 11.1 Å². The van der Waals surface area contributed by atoms with Crippen LogP contribution in [0.1, 0.15) is 12.8 Å². The average molecular weight is 347 g/mol. The van der Waals surface area contributed by atoms with Crippen LogP contribution in [0.5, 0.6) is 0 Å². The van der Waals surface area contributed by atoms with E-state index in [1.807, 2.05) is 29.2 Å². The van der Waals surface area contributed by atoms with Gasteiger partial charge in [0.25, 0.3) is 6.01 Å². The number of methoxy groups -OCH3 is 1. The number of fused-ring (bicyclic) bond motifs is 1. The van der Waals surface area contributed by atoms with Crippen LogP contribution in [0.15, 0.2) is 28.7 Å². The van der Waals surface area contributed by atoms with Crippen LogP contribution in [-0.2, 0) is 14.3 Å². The van der Waals surface area contributed by atoms with Gasteiger partial charge in [0.05, 0.1) is 6.61 Å². The fourth-order valence-electron chi connectivity index (χ4n) is 2.96. The van der Waals surface area contributed by atoms with Crippen molar-refractivity contribution < 1.29 is 23.8 Å². The van der Waals surface area contributed by atoms with Gasteiger partial charge in [-0.25, -0.2) is 4.79 Å². The number of amides is 1. The molecule has 1 aromatic heterocycles. The van der Waals surface area contributed by atoms with Gasteiger partial charge in [0.15, 0.2) is 11.6 Å². The van der Waals surface area contributed by atoms with E-state index in [4.69, 9.17) is 14.3 Å². The van der Waals surface area contributed by atoms with Crippen LogP contribution in [0.25, 0.3) is 11.1 Å². The third-order valence-electron chi connectivity index (χ3n) is 4.37. The third-order valence-corrected chi connectivity index (χ3v) is 4.37. The minimum absolute atomic E-state index is 0.0528. The third kappa shape index (κ3) is 3.90. The van der Waals surface area contributed by atoms with Gasteiger partial charge in [0, 0.05) is 26.1 Å². The van der Waals surface area contributed by atoms with Crippen molar-refractivity contribution in [2.24, 2.45) is 5.92 Å². The first kappa shape index (κ1) is 17.2. The standard InChI is InChI=1S/C17H21N3O5/c1-24-10-13(16(22)23)18-15(21)11-6-8-20(9-7-11)17-19-12-4-2-3-5-14(12)25-17/h2-5,11,13H,6-10H2,1H3,(H,18,21)(H,22,23). The molecule has 0 aliphatic carbocycles. The van der Waals surface area contributed by atoms with Crippen molar-refractivity contribution >= 4 is 29.0 Å². The molecule has 1 aromatic carbocycles. The van der Waals surface area contributed by atoms with Crippen LogP contribution in [0.3, 0.4) is 0 Å². The van der Waals surface area contributed by atoms with Gasteiger partial charge < -0.3 is 24.5 Å². The van der Waals surface area contributed by atoms with Crippen LogP contribution < -0.4 is 10.2 Å². The predicted molar refractivity (Wildman–Crippen MR) is 90.4 cm³/mol. The summed E-state index contributed by atoms with van der Waals surface area (Å²) in [6.45, 7) is 1.21. The Bertz CT molecular complexity index is 719. The Morgan fingerprint density at radius 1 is 1.40 bits per heavy atom.